The molecule has 0 fully saturated rings. The fraction of sp³-hybridized carbons (Fsp3) is 0.148. The predicted molar refractivity (Wildman–Crippen MR) is 136 cm³/mol. The number of nitrogens with one attached hydrogen (secondary N) is 2. The van der Waals surface area contributed by atoms with Crippen LogP contribution in [0.5, 0.6) is 5.75 Å². The Morgan fingerprint density at radius 1 is 0.944 bits per heavy atom. The van der Waals surface area contributed by atoms with Crippen molar-refractivity contribution in [1.29, 1.82) is 0 Å². The summed E-state index contributed by atoms with van der Waals surface area (Å²) >= 11 is 0. The Morgan fingerprint density at radius 3 is 2.47 bits per heavy atom. The maximum atomic E-state index is 15.1. The molecule has 0 bridgehead atoms. The van der Waals surface area contributed by atoms with E-state index in [0.29, 0.717) is 5.75 Å². The molecule has 36 heavy (non-hydrogen) atoms. The lowest BCUT2D eigenvalue weighted by molar-refractivity contribution is 0.411. The molecule has 0 amide bonds. The zero-order valence-electron chi connectivity index (χ0n) is 19.5. The van der Waals surface area contributed by atoms with Crippen LogP contribution in [0.4, 0.5) is 14.5 Å². The van der Waals surface area contributed by atoms with Crippen molar-refractivity contribution < 1.29 is 21.9 Å². The average molecular weight is 508 g/mol. The highest BCUT2D eigenvalue weighted by Crippen LogP contribution is 2.39. The van der Waals surface area contributed by atoms with E-state index in [1.165, 1.54) is 12.1 Å². The zero-order valence-corrected chi connectivity index (χ0v) is 20.4. The first-order valence-corrected chi connectivity index (χ1v) is 12.7. The SMILES string of the molecule is COc1ccc2ccccc2c1CN=C1Nc2c(ccc(F)c2[C@@H](C)c2ccccc2F)S(=O)(=O)N1. The number of fused-ring (bicyclic) bond motifs is 2. The van der Waals surface area contributed by atoms with E-state index < -0.39 is 27.6 Å². The molecule has 1 aliphatic heterocycles. The van der Waals surface area contributed by atoms with Gasteiger partial charge in [-0.25, -0.2) is 26.9 Å². The van der Waals surface area contributed by atoms with E-state index in [2.05, 4.69) is 15.0 Å². The molecule has 0 saturated carbocycles. The van der Waals surface area contributed by atoms with Crippen LogP contribution in [-0.2, 0) is 16.6 Å². The molecule has 0 aromatic heterocycles. The standard InChI is InChI=1S/C27H23F2N3O3S/c1-16(18-8-5-6-10-21(18)28)25-22(29)12-14-24-26(25)31-27(32-36(24,33)34)30-15-20-19-9-4-3-7-17(19)11-13-23(20)35-2/h3-14,16H,15H2,1-2H3,(H2,30,31,32)/t16-/m0/s1. The monoisotopic (exact) mass is 507 g/mol. The maximum absolute atomic E-state index is 15.1. The van der Waals surface area contributed by atoms with Crippen LogP contribution < -0.4 is 14.8 Å². The minimum atomic E-state index is -4.05. The van der Waals surface area contributed by atoms with Gasteiger partial charge in [0.2, 0.25) is 5.96 Å². The second-order valence-electron chi connectivity index (χ2n) is 8.44. The third-order valence-electron chi connectivity index (χ3n) is 6.34. The summed E-state index contributed by atoms with van der Waals surface area (Å²) in [6, 6.07) is 19.8. The van der Waals surface area contributed by atoms with Gasteiger partial charge in [0.25, 0.3) is 10.0 Å². The van der Waals surface area contributed by atoms with Gasteiger partial charge < -0.3 is 10.1 Å². The third kappa shape index (κ3) is 4.15. The van der Waals surface area contributed by atoms with Crippen LogP contribution in [0, 0.1) is 11.6 Å². The van der Waals surface area contributed by atoms with Crippen molar-refractivity contribution >= 4 is 32.4 Å². The quantitative estimate of drug-likeness (QED) is 0.372. The van der Waals surface area contributed by atoms with Gasteiger partial charge in [0.1, 0.15) is 22.3 Å². The van der Waals surface area contributed by atoms with Crippen LogP contribution in [0.3, 0.4) is 0 Å². The first-order valence-electron chi connectivity index (χ1n) is 11.3. The number of benzene rings is 4. The fourth-order valence-electron chi connectivity index (χ4n) is 4.56. The van der Waals surface area contributed by atoms with Crippen LogP contribution in [0.1, 0.15) is 29.5 Å². The molecular weight excluding hydrogens is 484 g/mol. The van der Waals surface area contributed by atoms with Gasteiger partial charge in [-0.05, 0) is 40.6 Å². The molecule has 1 heterocycles. The summed E-state index contributed by atoms with van der Waals surface area (Å²) in [5.74, 6) is -1.37. The predicted octanol–water partition coefficient (Wildman–Crippen LogP) is 5.54. The molecule has 1 aliphatic rings. The van der Waals surface area contributed by atoms with Gasteiger partial charge in [0.15, 0.2) is 0 Å². The first-order chi connectivity index (χ1) is 17.3. The zero-order chi connectivity index (χ0) is 25.4. The highest BCUT2D eigenvalue weighted by molar-refractivity contribution is 7.90. The lowest BCUT2D eigenvalue weighted by Gasteiger charge is -2.27. The summed E-state index contributed by atoms with van der Waals surface area (Å²) < 4.78 is 63.7. The van der Waals surface area contributed by atoms with Gasteiger partial charge in [-0.15, -0.1) is 0 Å². The number of halogens is 2. The van der Waals surface area contributed by atoms with Gasteiger partial charge in [-0.2, -0.15) is 0 Å². The molecule has 0 radical (unpaired) electrons. The second kappa shape index (κ2) is 9.23. The fourth-order valence-corrected chi connectivity index (χ4v) is 5.72. The number of guanidine groups is 1. The molecule has 4 aromatic carbocycles. The lowest BCUT2D eigenvalue weighted by Crippen LogP contribution is -2.41. The van der Waals surface area contributed by atoms with Crippen molar-refractivity contribution in [2.24, 2.45) is 4.99 Å². The van der Waals surface area contributed by atoms with Crippen molar-refractivity contribution in [3.63, 3.8) is 0 Å². The Kier molecular flexibility index (Phi) is 6.09. The molecule has 1 atom stereocenters. The maximum Gasteiger partial charge on any atom is 0.266 e. The van der Waals surface area contributed by atoms with E-state index in [4.69, 9.17) is 4.74 Å². The van der Waals surface area contributed by atoms with E-state index in [-0.39, 0.29) is 34.2 Å². The molecule has 6 nitrogen and oxygen atoms in total. The van der Waals surface area contributed by atoms with Gasteiger partial charge in [-0.3, -0.25) is 0 Å². The van der Waals surface area contributed by atoms with E-state index >= 15 is 4.39 Å². The molecule has 2 N–H and O–H groups in total. The average Bonchev–Trinajstić information content (AvgIpc) is 2.86. The van der Waals surface area contributed by atoms with Crippen molar-refractivity contribution in [3.8, 4) is 5.75 Å². The number of sulfonamides is 1. The minimum absolute atomic E-state index is 0.0353. The molecular formula is C27H23F2N3O3S. The summed E-state index contributed by atoms with van der Waals surface area (Å²) in [6.07, 6.45) is 0. The second-order valence-corrected chi connectivity index (χ2v) is 10.1. The van der Waals surface area contributed by atoms with E-state index in [9.17, 15) is 12.8 Å². The number of aliphatic imine (C=N–C) groups is 1. The van der Waals surface area contributed by atoms with Crippen LogP contribution in [0.15, 0.2) is 82.7 Å². The van der Waals surface area contributed by atoms with Gasteiger partial charge in [-0.1, -0.05) is 55.5 Å². The topological polar surface area (TPSA) is 79.8 Å². The van der Waals surface area contributed by atoms with Crippen molar-refractivity contribution in [1.82, 2.24) is 4.72 Å². The third-order valence-corrected chi connectivity index (χ3v) is 7.72. The number of hydrogen-bond donors (Lipinski definition) is 2. The Morgan fingerprint density at radius 2 is 1.69 bits per heavy atom. The smallest absolute Gasteiger partial charge is 0.266 e. The molecule has 5 rings (SSSR count). The summed E-state index contributed by atoms with van der Waals surface area (Å²) in [5, 5.41) is 4.85. The summed E-state index contributed by atoms with van der Waals surface area (Å²) in [5.41, 5.74) is 1.10. The number of nitrogens with zero attached hydrogens (tertiary/aromatic N) is 1. The highest BCUT2D eigenvalue weighted by atomic mass is 32.2. The normalized spacial score (nSPS) is 16.2. The van der Waals surface area contributed by atoms with Crippen LogP contribution >= 0.6 is 0 Å². The molecule has 0 spiro atoms. The van der Waals surface area contributed by atoms with Crippen molar-refractivity contribution in [2.75, 3.05) is 12.4 Å². The lowest BCUT2D eigenvalue weighted by atomic mass is 9.91. The van der Waals surface area contributed by atoms with Crippen molar-refractivity contribution in [2.45, 2.75) is 24.3 Å². The summed E-state index contributed by atoms with van der Waals surface area (Å²) in [7, 11) is -2.50. The highest BCUT2D eigenvalue weighted by Gasteiger charge is 2.32. The minimum Gasteiger partial charge on any atom is -0.496 e. The number of hydrogen-bond acceptors (Lipinski definition) is 4. The van der Waals surface area contributed by atoms with Crippen LogP contribution in [-0.4, -0.2) is 21.5 Å². The van der Waals surface area contributed by atoms with Gasteiger partial charge >= 0.3 is 0 Å². The van der Waals surface area contributed by atoms with Crippen LogP contribution in [0.2, 0.25) is 0 Å². The first kappa shape index (κ1) is 23.7. The molecule has 0 saturated heterocycles. The number of anilines is 1. The number of methoxy groups -OCH3 is 1. The Labute approximate surface area is 207 Å². The molecule has 184 valence electrons. The molecule has 0 aliphatic carbocycles. The Bertz CT molecular complexity index is 1620. The molecule has 4 aromatic rings. The Balaban J connectivity index is 1.59. The largest absolute Gasteiger partial charge is 0.496 e. The van der Waals surface area contributed by atoms with E-state index in [1.54, 1.807) is 32.2 Å². The van der Waals surface area contributed by atoms with Crippen LogP contribution in [0.25, 0.3) is 10.8 Å². The van der Waals surface area contributed by atoms with E-state index in [1.807, 2.05) is 36.4 Å². The summed E-state index contributed by atoms with van der Waals surface area (Å²) in [4.78, 5) is 4.33. The number of rotatable bonds is 5. The van der Waals surface area contributed by atoms with Gasteiger partial charge in [0.05, 0.1) is 19.3 Å². The van der Waals surface area contributed by atoms with Gasteiger partial charge in [0, 0.05) is 17.0 Å². The van der Waals surface area contributed by atoms with E-state index in [0.717, 1.165) is 22.4 Å². The van der Waals surface area contributed by atoms with Crippen molar-refractivity contribution in [3.05, 3.63) is 101 Å². The summed E-state index contributed by atoms with van der Waals surface area (Å²) in [6.45, 7) is 1.73. The number of ether oxygens (including phenoxy) is 1. The molecule has 9 heteroatoms. The Hall–Kier alpha value is -3.98. The molecule has 0 unspecified atom stereocenters.